The van der Waals surface area contributed by atoms with Crippen LogP contribution in [-0.4, -0.2) is 57.5 Å². The SMILES string of the molecule is COCCNC(=O)c1nnn(-c2ccc(OC(F)(F)F)cc2)c1CSc1ncccn1. The van der Waals surface area contributed by atoms with Crippen molar-refractivity contribution in [3.8, 4) is 11.4 Å². The lowest BCUT2D eigenvalue weighted by atomic mass is 10.2. The Morgan fingerprint density at radius 1 is 1.19 bits per heavy atom. The molecule has 0 atom stereocenters. The van der Waals surface area contributed by atoms with Gasteiger partial charge in [-0.2, -0.15) is 0 Å². The number of amides is 1. The molecule has 3 rings (SSSR count). The summed E-state index contributed by atoms with van der Waals surface area (Å²) in [5.74, 6) is -0.586. The number of aromatic nitrogens is 5. The summed E-state index contributed by atoms with van der Waals surface area (Å²) in [6, 6.07) is 6.75. The van der Waals surface area contributed by atoms with Crippen molar-refractivity contribution in [3.63, 3.8) is 0 Å². The van der Waals surface area contributed by atoms with Crippen LogP contribution in [0.1, 0.15) is 16.2 Å². The second-order valence-electron chi connectivity index (χ2n) is 5.91. The molecule has 0 aliphatic carbocycles. The first-order chi connectivity index (χ1) is 14.9. The number of carbonyl (C=O) groups excluding carboxylic acids is 1. The summed E-state index contributed by atoms with van der Waals surface area (Å²) < 4.78 is 47.4. The van der Waals surface area contributed by atoms with Gasteiger partial charge >= 0.3 is 6.36 Å². The topological polar surface area (TPSA) is 104 Å². The predicted molar refractivity (Wildman–Crippen MR) is 104 cm³/mol. The van der Waals surface area contributed by atoms with Gasteiger partial charge in [0.1, 0.15) is 5.75 Å². The van der Waals surface area contributed by atoms with Gasteiger partial charge in [-0.1, -0.05) is 17.0 Å². The summed E-state index contributed by atoms with van der Waals surface area (Å²) in [4.78, 5) is 20.8. The number of nitrogens with one attached hydrogen (secondary N) is 1. The van der Waals surface area contributed by atoms with Crippen LogP contribution < -0.4 is 10.1 Å². The Morgan fingerprint density at radius 3 is 2.55 bits per heavy atom. The maximum absolute atomic E-state index is 12.5. The van der Waals surface area contributed by atoms with Gasteiger partial charge in [0.15, 0.2) is 10.9 Å². The van der Waals surface area contributed by atoms with E-state index in [-0.39, 0.29) is 23.7 Å². The third-order valence-electron chi connectivity index (χ3n) is 3.76. The quantitative estimate of drug-likeness (QED) is 0.299. The number of alkyl halides is 3. The molecule has 164 valence electrons. The first-order valence-corrected chi connectivity index (χ1v) is 9.83. The van der Waals surface area contributed by atoms with Crippen molar-refractivity contribution in [1.29, 1.82) is 0 Å². The van der Waals surface area contributed by atoms with Crippen LogP contribution in [0.5, 0.6) is 5.75 Å². The van der Waals surface area contributed by atoms with E-state index < -0.39 is 12.3 Å². The summed E-state index contributed by atoms with van der Waals surface area (Å²) in [7, 11) is 1.51. The lowest BCUT2D eigenvalue weighted by Crippen LogP contribution is -2.28. The summed E-state index contributed by atoms with van der Waals surface area (Å²) in [5, 5.41) is 11.1. The van der Waals surface area contributed by atoms with E-state index in [0.29, 0.717) is 23.1 Å². The van der Waals surface area contributed by atoms with Gasteiger partial charge in [-0.15, -0.1) is 18.3 Å². The molecule has 1 aromatic carbocycles. The predicted octanol–water partition coefficient (Wildman–Crippen LogP) is 2.62. The molecule has 9 nitrogen and oxygen atoms in total. The molecule has 0 saturated carbocycles. The number of ether oxygens (including phenoxy) is 2. The van der Waals surface area contributed by atoms with Crippen LogP contribution in [0.3, 0.4) is 0 Å². The van der Waals surface area contributed by atoms with Gasteiger partial charge in [-0.05, 0) is 30.3 Å². The summed E-state index contributed by atoms with van der Waals surface area (Å²) >= 11 is 1.26. The number of hydrogen-bond acceptors (Lipinski definition) is 8. The fourth-order valence-electron chi connectivity index (χ4n) is 2.45. The number of halogens is 3. The Hall–Kier alpha value is -3.19. The highest BCUT2D eigenvalue weighted by Crippen LogP contribution is 2.26. The molecule has 0 aliphatic rings. The number of hydrogen-bond donors (Lipinski definition) is 1. The molecule has 0 spiro atoms. The van der Waals surface area contributed by atoms with E-state index in [2.05, 4.69) is 30.3 Å². The number of thioether (sulfide) groups is 1. The van der Waals surface area contributed by atoms with E-state index in [1.165, 1.54) is 35.7 Å². The van der Waals surface area contributed by atoms with Crippen molar-refractivity contribution in [2.45, 2.75) is 17.3 Å². The van der Waals surface area contributed by atoms with Gasteiger partial charge < -0.3 is 14.8 Å². The van der Waals surface area contributed by atoms with Crippen LogP contribution in [0.2, 0.25) is 0 Å². The molecule has 2 aromatic heterocycles. The first-order valence-electron chi connectivity index (χ1n) is 8.85. The van der Waals surface area contributed by atoms with Crippen molar-refractivity contribution in [1.82, 2.24) is 30.3 Å². The molecular weight excluding hydrogens is 437 g/mol. The average molecular weight is 454 g/mol. The minimum atomic E-state index is -4.79. The molecule has 0 aliphatic heterocycles. The number of carbonyl (C=O) groups is 1. The smallest absolute Gasteiger partial charge is 0.406 e. The molecule has 0 radical (unpaired) electrons. The van der Waals surface area contributed by atoms with Crippen LogP contribution in [0.4, 0.5) is 13.2 Å². The van der Waals surface area contributed by atoms with Crippen molar-refractivity contribution in [2.24, 2.45) is 0 Å². The van der Waals surface area contributed by atoms with E-state index in [0.717, 1.165) is 12.1 Å². The van der Waals surface area contributed by atoms with Crippen molar-refractivity contribution in [2.75, 3.05) is 20.3 Å². The monoisotopic (exact) mass is 454 g/mol. The Balaban J connectivity index is 1.87. The van der Waals surface area contributed by atoms with Crippen molar-refractivity contribution in [3.05, 3.63) is 54.1 Å². The third kappa shape index (κ3) is 6.39. The number of benzene rings is 1. The molecule has 1 N–H and O–H groups in total. The second-order valence-corrected chi connectivity index (χ2v) is 6.85. The van der Waals surface area contributed by atoms with Crippen LogP contribution in [0.15, 0.2) is 47.9 Å². The van der Waals surface area contributed by atoms with Gasteiger partial charge in [-0.25, -0.2) is 14.6 Å². The number of nitrogens with zero attached hydrogens (tertiary/aromatic N) is 5. The van der Waals surface area contributed by atoms with Crippen LogP contribution >= 0.6 is 11.8 Å². The summed E-state index contributed by atoms with van der Waals surface area (Å²) in [6.07, 6.45) is -1.62. The molecule has 1 amide bonds. The molecule has 3 aromatic rings. The minimum Gasteiger partial charge on any atom is -0.406 e. The van der Waals surface area contributed by atoms with Gasteiger partial charge in [-0.3, -0.25) is 4.79 Å². The van der Waals surface area contributed by atoms with Gasteiger partial charge in [0.05, 0.1) is 18.0 Å². The molecular formula is C18H17F3N6O3S. The van der Waals surface area contributed by atoms with E-state index in [1.807, 2.05) is 0 Å². The Morgan fingerprint density at radius 2 is 1.90 bits per heavy atom. The Labute approximate surface area is 179 Å². The molecule has 31 heavy (non-hydrogen) atoms. The highest BCUT2D eigenvalue weighted by Gasteiger charge is 2.31. The molecule has 0 fully saturated rings. The Bertz CT molecular complexity index is 999. The van der Waals surface area contributed by atoms with Crippen molar-refractivity contribution >= 4 is 17.7 Å². The van der Waals surface area contributed by atoms with Gasteiger partial charge in [0.2, 0.25) is 0 Å². The van der Waals surface area contributed by atoms with Crippen LogP contribution in [0, 0.1) is 0 Å². The van der Waals surface area contributed by atoms with E-state index in [4.69, 9.17) is 4.74 Å². The van der Waals surface area contributed by atoms with Crippen molar-refractivity contribution < 1.29 is 27.4 Å². The molecule has 0 unspecified atom stereocenters. The molecule has 0 bridgehead atoms. The first kappa shape index (κ1) is 22.5. The number of methoxy groups -OCH3 is 1. The van der Waals surface area contributed by atoms with E-state index in [9.17, 15) is 18.0 Å². The molecule has 13 heteroatoms. The third-order valence-corrected chi connectivity index (χ3v) is 4.65. The summed E-state index contributed by atoms with van der Waals surface area (Å²) in [6.45, 7) is 0.600. The average Bonchev–Trinajstić information content (AvgIpc) is 3.16. The Kier molecular flexibility index (Phi) is 7.41. The highest BCUT2D eigenvalue weighted by molar-refractivity contribution is 7.98. The minimum absolute atomic E-state index is 0.0788. The van der Waals surface area contributed by atoms with Crippen LogP contribution in [0.25, 0.3) is 5.69 Å². The molecule has 0 saturated heterocycles. The van der Waals surface area contributed by atoms with Gasteiger partial charge in [0, 0.05) is 31.8 Å². The van der Waals surface area contributed by atoms with E-state index >= 15 is 0 Å². The zero-order valence-corrected chi connectivity index (χ0v) is 17.0. The lowest BCUT2D eigenvalue weighted by Gasteiger charge is -2.11. The van der Waals surface area contributed by atoms with Gasteiger partial charge in [0.25, 0.3) is 5.91 Å². The zero-order valence-electron chi connectivity index (χ0n) is 16.2. The van der Waals surface area contributed by atoms with Crippen LogP contribution in [-0.2, 0) is 10.5 Å². The number of rotatable bonds is 9. The standard InChI is InChI=1S/C18H17F3N6O3S/c1-29-10-9-22-16(28)15-14(11-31-17-23-7-2-8-24-17)27(26-25-15)12-3-5-13(6-4-12)30-18(19,20)21/h2-8H,9-11H2,1H3,(H,22,28). The normalized spacial score (nSPS) is 11.4. The molecule has 2 heterocycles. The fourth-order valence-corrected chi connectivity index (χ4v) is 3.24. The zero-order chi connectivity index (χ0) is 22.3. The summed E-state index contributed by atoms with van der Waals surface area (Å²) in [5.41, 5.74) is 0.912. The maximum Gasteiger partial charge on any atom is 0.573 e. The largest absolute Gasteiger partial charge is 0.573 e. The second kappa shape index (κ2) is 10.2. The maximum atomic E-state index is 12.5. The lowest BCUT2D eigenvalue weighted by molar-refractivity contribution is -0.274. The fraction of sp³-hybridized carbons (Fsp3) is 0.278. The van der Waals surface area contributed by atoms with E-state index in [1.54, 1.807) is 18.5 Å². The highest BCUT2D eigenvalue weighted by atomic mass is 32.2.